The second kappa shape index (κ2) is 9.21. The fourth-order valence-corrected chi connectivity index (χ4v) is 4.27. The van der Waals surface area contributed by atoms with Crippen LogP contribution in [0.25, 0.3) is 5.69 Å². The summed E-state index contributed by atoms with van der Waals surface area (Å²) in [6.45, 7) is 4.96. The number of amides is 1. The van der Waals surface area contributed by atoms with Crippen molar-refractivity contribution >= 4 is 11.7 Å². The molecule has 0 aliphatic carbocycles. The standard InChI is InChI=1S/C23H25F3N6O/c1-15-6-4-12-31(19(15)14-28-20-9-8-17(13-27-20)23(24,25)26)22(33)18-7-3-5-16(2)21(18)32-29-10-11-30-32/h3,5,7-11,13,15,19H,4,6,12,14H2,1-2H3,(H,27,28)/t15-,19?/m1/s1. The van der Waals surface area contributed by atoms with Crippen molar-refractivity contribution in [1.82, 2.24) is 24.9 Å². The SMILES string of the molecule is Cc1cccc(C(=O)N2CCC[C@@H](C)C2CNc2ccc(C(F)(F)F)cn2)c1-n1nccn1. The minimum absolute atomic E-state index is 0.121. The van der Waals surface area contributed by atoms with Gasteiger partial charge >= 0.3 is 6.18 Å². The van der Waals surface area contributed by atoms with Gasteiger partial charge in [0.15, 0.2) is 0 Å². The predicted octanol–water partition coefficient (Wildman–Crippen LogP) is 4.34. The fourth-order valence-electron chi connectivity index (χ4n) is 4.27. The fraction of sp³-hybridized carbons (Fsp3) is 0.391. The maximum Gasteiger partial charge on any atom is 0.417 e. The molecule has 1 aromatic carbocycles. The van der Waals surface area contributed by atoms with Crippen molar-refractivity contribution in [2.45, 2.75) is 38.9 Å². The van der Waals surface area contributed by atoms with Crippen LogP contribution in [0.2, 0.25) is 0 Å². The second-order valence-corrected chi connectivity index (χ2v) is 8.29. The number of anilines is 1. The number of piperidine rings is 1. The highest BCUT2D eigenvalue weighted by atomic mass is 19.4. The molecule has 3 heterocycles. The smallest absolute Gasteiger partial charge is 0.368 e. The number of benzene rings is 1. The molecule has 1 aliphatic heterocycles. The number of para-hydroxylation sites is 1. The summed E-state index contributed by atoms with van der Waals surface area (Å²) < 4.78 is 38.4. The van der Waals surface area contributed by atoms with Gasteiger partial charge in [0.25, 0.3) is 5.91 Å². The van der Waals surface area contributed by atoms with E-state index in [1.807, 2.05) is 24.0 Å². The van der Waals surface area contributed by atoms with Crippen molar-refractivity contribution in [3.05, 3.63) is 65.6 Å². The van der Waals surface area contributed by atoms with Gasteiger partial charge in [0, 0.05) is 19.3 Å². The van der Waals surface area contributed by atoms with Crippen molar-refractivity contribution in [2.75, 3.05) is 18.4 Å². The molecule has 4 rings (SSSR count). The van der Waals surface area contributed by atoms with E-state index in [2.05, 4.69) is 27.4 Å². The van der Waals surface area contributed by atoms with E-state index < -0.39 is 11.7 Å². The Morgan fingerprint density at radius 2 is 1.94 bits per heavy atom. The highest BCUT2D eigenvalue weighted by Gasteiger charge is 2.34. The molecule has 0 saturated carbocycles. The van der Waals surface area contributed by atoms with E-state index in [4.69, 9.17) is 0 Å². The molecule has 33 heavy (non-hydrogen) atoms. The highest BCUT2D eigenvalue weighted by molar-refractivity contribution is 5.98. The number of carbonyl (C=O) groups excluding carboxylic acids is 1. The molecule has 10 heteroatoms. The molecule has 1 N–H and O–H groups in total. The number of alkyl halides is 3. The van der Waals surface area contributed by atoms with Gasteiger partial charge in [-0.15, -0.1) is 0 Å². The van der Waals surface area contributed by atoms with Gasteiger partial charge in [0.2, 0.25) is 0 Å². The molecule has 7 nitrogen and oxygen atoms in total. The molecule has 0 spiro atoms. The number of pyridine rings is 1. The Kier molecular flexibility index (Phi) is 6.35. The second-order valence-electron chi connectivity index (χ2n) is 8.29. The van der Waals surface area contributed by atoms with Gasteiger partial charge in [0.05, 0.1) is 29.6 Å². The van der Waals surface area contributed by atoms with Crippen LogP contribution in [0.5, 0.6) is 0 Å². The number of hydrogen-bond acceptors (Lipinski definition) is 5. The Bertz CT molecular complexity index is 1100. The quantitative estimate of drug-likeness (QED) is 0.616. The third-order valence-corrected chi connectivity index (χ3v) is 6.05. The normalized spacial score (nSPS) is 18.9. The Labute approximate surface area is 189 Å². The van der Waals surface area contributed by atoms with Crippen LogP contribution in [0.1, 0.15) is 41.3 Å². The number of rotatable bonds is 5. The summed E-state index contributed by atoms with van der Waals surface area (Å²) in [5, 5.41) is 11.5. The largest absolute Gasteiger partial charge is 0.417 e. The number of halogens is 3. The number of nitrogens with zero attached hydrogens (tertiary/aromatic N) is 5. The van der Waals surface area contributed by atoms with Crippen molar-refractivity contribution in [3.8, 4) is 5.69 Å². The average Bonchev–Trinajstić information content (AvgIpc) is 3.31. The van der Waals surface area contributed by atoms with E-state index >= 15 is 0 Å². The third-order valence-electron chi connectivity index (χ3n) is 6.05. The Balaban J connectivity index is 1.56. The van der Waals surface area contributed by atoms with E-state index in [1.54, 1.807) is 18.5 Å². The van der Waals surface area contributed by atoms with Crippen molar-refractivity contribution in [1.29, 1.82) is 0 Å². The first-order valence-corrected chi connectivity index (χ1v) is 10.8. The van der Waals surface area contributed by atoms with Gasteiger partial charge in [0.1, 0.15) is 11.5 Å². The summed E-state index contributed by atoms with van der Waals surface area (Å²) in [5.74, 6) is 0.427. The zero-order valence-electron chi connectivity index (χ0n) is 18.4. The molecule has 0 radical (unpaired) electrons. The lowest BCUT2D eigenvalue weighted by Crippen LogP contribution is -2.51. The minimum Gasteiger partial charge on any atom is -0.368 e. The third kappa shape index (κ3) is 4.84. The van der Waals surface area contributed by atoms with Crippen molar-refractivity contribution in [3.63, 3.8) is 0 Å². The molecule has 1 aliphatic rings. The summed E-state index contributed by atoms with van der Waals surface area (Å²) in [5.41, 5.74) is 1.24. The predicted molar refractivity (Wildman–Crippen MR) is 117 cm³/mol. The molecule has 2 atom stereocenters. The first kappa shape index (κ1) is 22.8. The monoisotopic (exact) mass is 458 g/mol. The molecule has 2 aromatic heterocycles. The Morgan fingerprint density at radius 3 is 2.61 bits per heavy atom. The maximum atomic E-state index is 13.7. The van der Waals surface area contributed by atoms with Gasteiger partial charge in [-0.1, -0.05) is 19.1 Å². The average molecular weight is 458 g/mol. The molecule has 1 fully saturated rings. The van der Waals surface area contributed by atoms with Crippen LogP contribution in [-0.2, 0) is 6.18 Å². The number of carbonyl (C=O) groups is 1. The summed E-state index contributed by atoms with van der Waals surface area (Å²) in [4.78, 5) is 20.9. The van der Waals surface area contributed by atoms with E-state index in [1.165, 1.54) is 10.9 Å². The van der Waals surface area contributed by atoms with Crippen LogP contribution in [0.15, 0.2) is 48.9 Å². The molecule has 0 bridgehead atoms. The molecule has 1 unspecified atom stereocenters. The number of aromatic nitrogens is 4. The molecular formula is C23H25F3N6O. The topological polar surface area (TPSA) is 75.9 Å². The molecule has 1 saturated heterocycles. The van der Waals surface area contributed by atoms with Crippen LogP contribution in [0, 0.1) is 12.8 Å². The lowest BCUT2D eigenvalue weighted by Gasteiger charge is -2.40. The van der Waals surface area contributed by atoms with Crippen molar-refractivity contribution < 1.29 is 18.0 Å². The van der Waals surface area contributed by atoms with Crippen LogP contribution in [-0.4, -0.2) is 49.9 Å². The van der Waals surface area contributed by atoms with Gasteiger partial charge < -0.3 is 10.2 Å². The molecule has 1 amide bonds. The zero-order valence-corrected chi connectivity index (χ0v) is 18.4. The number of aryl methyl sites for hydroxylation is 1. The number of hydrogen-bond donors (Lipinski definition) is 1. The molecule has 3 aromatic rings. The van der Waals surface area contributed by atoms with Crippen molar-refractivity contribution in [2.24, 2.45) is 5.92 Å². The zero-order chi connectivity index (χ0) is 23.6. The summed E-state index contributed by atoms with van der Waals surface area (Å²) >= 11 is 0. The molecular weight excluding hydrogens is 433 g/mol. The van der Waals surface area contributed by atoms with Gasteiger partial charge in [-0.2, -0.15) is 28.2 Å². The van der Waals surface area contributed by atoms with Crippen LogP contribution in [0.3, 0.4) is 0 Å². The molecule has 174 valence electrons. The van der Waals surface area contributed by atoms with Crippen LogP contribution >= 0.6 is 0 Å². The number of likely N-dealkylation sites (tertiary alicyclic amines) is 1. The number of nitrogens with one attached hydrogen (secondary N) is 1. The van der Waals surface area contributed by atoms with E-state index in [-0.39, 0.29) is 17.9 Å². The minimum atomic E-state index is -4.43. The van der Waals surface area contributed by atoms with Gasteiger partial charge in [-0.05, 0) is 49.4 Å². The van der Waals surface area contributed by atoms with E-state index in [9.17, 15) is 18.0 Å². The Hall–Kier alpha value is -3.43. The summed E-state index contributed by atoms with van der Waals surface area (Å²) in [7, 11) is 0. The maximum absolute atomic E-state index is 13.7. The Morgan fingerprint density at radius 1 is 1.18 bits per heavy atom. The van der Waals surface area contributed by atoms with Gasteiger partial charge in [-0.25, -0.2) is 4.98 Å². The lowest BCUT2D eigenvalue weighted by atomic mass is 9.89. The van der Waals surface area contributed by atoms with Crippen LogP contribution in [0.4, 0.5) is 19.0 Å². The van der Waals surface area contributed by atoms with E-state index in [0.717, 1.165) is 30.7 Å². The first-order valence-electron chi connectivity index (χ1n) is 10.8. The summed E-state index contributed by atoms with van der Waals surface area (Å²) in [6.07, 6.45) is 1.34. The first-order chi connectivity index (χ1) is 15.8. The van der Waals surface area contributed by atoms with Crippen LogP contribution < -0.4 is 5.32 Å². The highest BCUT2D eigenvalue weighted by Crippen LogP contribution is 2.30. The van der Waals surface area contributed by atoms with Gasteiger partial charge in [-0.3, -0.25) is 4.79 Å². The summed E-state index contributed by atoms with van der Waals surface area (Å²) in [6, 6.07) is 7.68. The van der Waals surface area contributed by atoms with E-state index in [0.29, 0.717) is 30.2 Å². The lowest BCUT2D eigenvalue weighted by molar-refractivity contribution is -0.137.